The molecule has 0 radical (unpaired) electrons. The Balaban J connectivity index is 1.97. The second-order valence-electron chi connectivity index (χ2n) is 6.68. The van der Waals surface area contributed by atoms with E-state index in [1.807, 2.05) is 0 Å². The Morgan fingerprint density at radius 2 is 1.62 bits per heavy atom. The maximum Gasteiger partial charge on any atom is 0.261 e. The van der Waals surface area contributed by atoms with Crippen molar-refractivity contribution in [3.63, 3.8) is 0 Å². The minimum absolute atomic E-state index is 0.00694. The van der Waals surface area contributed by atoms with Gasteiger partial charge in [-0.3, -0.25) is 4.79 Å². The van der Waals surface area contributed by atoms with Crippen LogP contribution in [0, 0.1) is 16.7 Å². The molecule has 1 aromatic carbocycles. The van der Waals surface area contributed by atoms with Crippen molar-refractivity contribution in [2.75, 3.05) is 0 Å². The number of hydrogen-bond acceptors (Lipinski definition) is 3. The van der Waals surface area contributed by atoms with E-state index in [1.165, 1.54) is 12.1 Å². The Morgan fingerprint density at radius 1 is 1.14 bits per heavy atom. The zero-order chi connectivity index (χ0) is 16.1. The molecule has 1 aliphatic rings. The van der Waals surface area contributed by atoms with Crippen LogP contribution in [-0.4, -0.2) is 14.3 Å². The summed E-state index contributed by atoms with van der Waals surface area (Å²) in [5, 5.41) is 2.91. The fourth-order valence-electron chi connectivity index (χ4n) is 2.91. The Labute approximate surface area is 130 Å². The van der Waals surface area contributed by atoms with E-state index in [0.717, 1.165) is 5.56 Å². The zero-order valence-corrected chi connectivity index (χ0v) is 14.2. The number of rotatable bonds is 4. The summed E-state index contributed by atoms with van der Waals surface area (Å²) < 4.78 is 22.3. The van der Waals surface area contributed by atoms with Gasteiger partial charge in [-0.25, -0.2) is 8.42 Å². The molecule has 1 fully saturated rings. The smallest absolute Gasteiger partial charge is 0.261 e. The number of carbonyl (C=O) groups is 1. The fraction of sp³-hybridized carbons (Fsp3) is 0.533. The van der Waals surface area contributed by atoms with Crippen LogP contribution in [0.4, 0.5) is 0 Å². The highest BCUT2D eigenvalue weighted by molar-refractivity contribution is 8.13. The molecule has 1 aliphatic carbocycles. The van der Waals surface area contributed by atoms with Crippen LogP contribution >= 0.6 is 10.7 Å². The first-order valence-corrected chi connectivity index (χ1v) is 9.10. The molecule has 6 heteroatoms. The second kappa shape index (κ2) is 4.99. The molecule has 0 aliphatic heterocycles. The predicted octanol–water partition coefficient (Wildman–Crippen LogP) is 2.91. The van der Waals surface area contributed by atoms with Crippen molar-refractivity contribution in [3.8, 4) is 0 Å². The highest BCUT2D eigenvalue weighted by atomic mass is 35.7. The number of benzene rings is 1. The van der Waals surface area contributed by atoms with Gasteiger partial charge in [-0.1, -0.05) is 39.8 Å². The van der Waals surface area contributed by atoms with E-state index >= 15 is 0 Å². The van der Waals surface area contributed by atoms with E-state index < -0.39 is 9.05 Å². The molecule has 1 saturated carbocycles. The molecule has 116 valence electrons. The van der Waals surface area contributed by atoms with Gasteiger partial charge in [-0.05, 0) is 28.5 Å². The number of carbonyl (C=O) groups excluding carboxylic acids is 1. The number of halogens is 1. The Kier molecular flexibility index (Phi) is 3.87. The summed E-state index contributed by atoms with van der Waals surface area (Å²) in [5.41, 5.74) is 0.852. The van der Waals surface area contributed by atoms with Crippen LogP contribution in [0.3, 0.4) is 0 Å². The molecule has 1 aromatic rings. The van der Waals surface area contributed by atoms with Crippen LogP contribution in [-0.2, 0) is 20.4 Å². The first-order chi connectivity index (χ1) is 9.48. The van der Waals surface area contributed by atoms with E-state index in [9.17, 15) is 13.2 Å². The second-order valence-corrected chi connectivity index (χ2v) is 9.24. The lowest BCUT2D eigenvalue weighted by Crippen LogP contribution is -2.26. The van der Waals surface area contributed by atoms with Gasteiger partial charge >= 0.3 is 0 Å². The molecule has 4 nitrogen and oxygen atoms in total. The third kappa shape index (κ3) is 2.94. The lowest BCUT2D eigenvalue weighted by Gasteiger charge is -2.07. The quantitative estimate of drug-likeness (QED) is 0.864. The van der Waals surface area contributed by atoms with Crippen LogP contribution < -0.4 is 5.32 Å². The van der Waals surface area contributed by atoms with Crippen molar-refractivity contribution in [1.82, 2.24) is 5.32 Å². The molecule has 0 spiro atoms. The standard InChI is InChI=1S/C15H20ClNO3S/c1-14(2)12(15(14,3)4)13(18)17-9-10-5-7-11(8-6-10)21(16,19)20/h5-8,12H,9H2,1-4H3,(H,17,18). The topological polar surface area (TPSA) is 63.2 Å². The van der Waals surface area contributed by atoms with Crippen molar-refractivity contribution < 1.29 is 13.2 Å². The minimum atomic E-state index is -3.70. The largest absolute Gasteiger partial charge is 0.352 e. The molecule has 0 heterocycles. The minimum Gasteiger partial charge on any atom is -0.352 e. The Morgan fingerprint density at radius 3 is 2.00 bits per heavy atom. The van der Waals surface area contributed by atoms with Gasteiger partial charge in [0.1, 0.15) is 0 Å². The van der Waals surface area contributed by atoms with E-state index in [1.54, 1.807) is 12.1 Å². The zero-order valence-electron chi connectivity index (χ0n) is 12.6. The first kappa shape index (κ1) is 16.3. The molecular weight excluding hydrogens is 310 g/mol. The molecule has 0 atom stereocenters. The van der Waals surface area contributed by atoms with E-state index in [4.69, 9.17) is 10.7 Å². The molecule has 21 heavy (non-hydrogen) atoms. The lowest BCUT2D eigenvalue weighted by atomic mass is 10.0. The summed E-state index contributed by atoms with van der Waals surface area (Å²) >= 11 is 0. The number of amides is 1. The van der Waals surface area contributed by atoms with Crippen LogP contribution in [0.2, 0.25) is 0 Å². The first-order valence-electron chi connectivity index (χ1n) is 6.79. The Bertz CT molecular complexity index is 649. The number of hydrogen-bond donors (Lipinski definition) is 1. The van der Waals surface area contributed by atoms with Gasteiger partial charge < -0.3 is 5.32 Å². The Hall–Kier alpha value is -1.07. The van der Waals surface area contributed by atoms with Crippen LogP contribution in [0.25, 0.3) is 0 Å². The normalized spacial score (nSPS) is 20.0. The van der Waals surface area contributed by atoms with Gasteiger partial charge in [0.2, 0.25) is 5.91 Å². The lowest BCUT2D eigenvalue weighted by molar-refractivity contribution is -0.123. The molecular formula is C15H20ClNO3S. The summed E-state index contributed by atoms with van der Waals surface area (Å²) in [7, 11) is 1.55. The molecule has 0 aromatic heterocycles. The van der Waals surface area contributed by atoms with E-state index in [-0.39, 0.29) is 27.6 Å². The van der Waals surface area contributed by atoms with E-state index in [2.05, 4.69) is 33.0 Å². The van der Waals surface area contributed by atoms with Crippen molar-refractivity contribution in [2.24, 2.45) is 16.7 Å². The van der Waals surface area contributed by atoms with Gasteiger partial charge in [0, 0.05) is 23.1 Å². The summed E-state index contributed by atoms with van der Waals surface area (Å²) in [4.78, 5) is 12.3. The van der Waals surface area contributed by atoms with E-state index in [0.29, 0.717) is 6.54 Å². The molecule has 1 amide bonds. The van der Waals surface area contributed by atoms with Crippen LogP contribution in [0.5, 0.6) is 0 Å². The maximum absolute atomic E-state index is 12.2. The van der Waals surface area contributed by atoms with Crippen molar-refractivity contribution in [3.05, 3.63) is 29.8 Å². The summed E-state index contributed by atoms with van der Waals surface area (Å²) in [6.07, 6.45) is 0. The van der Waals surface area contributed by atoms with Gasteiger partial charge in [0.05, 0.1) is 4.90 Å². The monoisotopic (exact) mass is 329 g/mol. The molecule has 0 bridgehead atoms. The van der Waals surface area contributed by atoms with Crippen LogP contribution in [0.15, 0.2) is 29.2 Å². The summed E-state index contributed by atoms with van der Waals surface area (Å²) in [5.74, 6) is 0.0477. The molecule has 0 unspecified atom stereocenters. The third-order valence-electron chi connectivity index (χ3n) is 4.95. The summed E-state index contributed by atoms with van der Waals surface area (Å²) in [6.45, 7) is 8.76. The van der Waals surface area contributed by atoms with Crippen molar-refractivity contribution in [1.29, 1.82) is 0 Å². The highest BCUT2D eigenvalue weighted by Gasteiger charge is 2.68. The van der Waals surface area contributed by atoms with Gasteiger partial charge in [0.15, 0.2) is 0 Å². The SMILES string of the molecule is CC1(C)C(C(=O)NCc2ccc(S(=O)(=O)Cl)cc2)C1(C)C. The molecule has 0 saturated heterocycles. The van der Waals surface area contributed by atoms with Crippen molar-refractivity contribution >= 4 is 25.6 Å². The maximum atomic E-state index is 12.2. The van der Waals surface area contributed by atoms with Crippen molar-refractivity contribution in [2.45, 2.75) is 39.1 Å². The summed E-state index contributed by atoms with van der Waals surface area (Å²) in [6, 6.07) is 6.18. The fourth-order valence-corrected chi connectivity index (χ4v) is 3.68. The molecule has 1 N–H and O–H groups in total. The van der Waals surface area contributed by atoms with Crippen LogP contribution in [0.1, 0.15) is 33.3 Å². The van der Waals surface area contributed by atoms with Gasteiger partial charge in [0.25, 0.3) is 9.05 Å². The average Bonchev–Trinajstić information content (AvgIpc) is 2.76. The molecule has 2 rings (SSSR count). The highest BCUT2D eigenvalue weighted by Crippen LogP contribution is 2.68. The predicted molar refractivity (Wildman–Crippen MR) is 82.4 cm³/mol. The number of nitrogens with one attached hydrogen (secondary N) is 1. The third-order valence-corrected chi connectivity index (χ3v) is 6.32. The van der Waals surface area contributed by atoms with Gasteiger partial charge in [-0.2, -0.15) is 0 Å². The average molecular weight is 330 g/mol. The van der Waals surface area contributed by atoms with Gasteiger partial charge in [-0.15, -0.1) is 0 Å².